The largest absolute Gasteiger partial charge is 0.300 e. The van der Waals surface area contributed by atoms with E-state index in [4.69, 9.17) is 0 Å². The lowest BCUT2D eigenvalue weighted by Gasteiger charge is -2.13. The van der Waals surface area contributed by atoms with E-state index < -0.39 is 0 Å². The molecule has 0 radical (unpaired) electrons. The summed E-state index contributed by atoms with van der Waals surface area (Å²) in [6.07, 6.45) is 9.70. The van der Waals surface area contributed by atoms with E-state index in [1.165, 1.54) is 38.5 Å². The number of hydrogen-bond donors (Lipinski definition) is 0. The van der Waals surface area contributed by atoms with Crippen LogP contribution < -0.4 is 0 Å². The number of Topliss-reactive ketones (excluding diaryl/α,β-unsaturated/α-hetero) is 1. The standard InChI is InChI=1S/C13H24O/c1-11(2)9-13(14)10-12-7-5-3-4-6-8-12/h11-12H,3-10H2,1-2H3. The van der Waals surface area contributed by atoms with E-state index in [0.29, 0.717) is 17.6 Å². The SMILES string of the molecule is CC(C)CC(=O)CC1CCCCCC1. The summed E-state index contributed by atoms with van der Waals surface area (Å²) in [5.41, 5.74) is 0. The van der Waals surface area contributed by atoms with Crippen LogP contribution in [0.1, 0.15) is 65.2 Å². The van der Waals surface area contributed by atoms with Crippen LogP contribution in [0.25, 0.3) is 0 Å². The molecule has 0 bridgehead atoms. The fourth-order valence-corrected chi connectivity index (χ4v) is 2.43. The van der Waals surface area contributed by atoms with E-state index in [-0.39, 0.29) is 0 Å². The Balaban J connectivity index is 2.23. The average molecular weight is 196 g/mol. The number of ketones is 1. The van der Waals surface area contributed by atoms with E-state index in [1.54, 1.807) is 0 Å². The maximum atomic E-state index is 11.6. The third-order valence-corrected chi connectivity index (χ3v) is 3.13. The number of carbonyl (C=O) groups excluding carboxylic acids is 1. The Morgan fingerprint density at radius 2 is 1.71 bits per heavy atom. The zero-order valence-corrected chi connectivity index (χ0v) is 9.72. The maximum absolute atomic E-state index is 11.6. The van der Waals surface area contributed by atoms with Crippen LogP contribution in [0.5, 0.6) is 0 Å². The minimum Gasteiger partial charge on any atom is -0.300 e. The van der Waals surface area contributed by atoms with E-state index in [0.717, 1.165) is 12.8 Å². The first kappa shape index (κ1) is 11.7. The van der Waals surface area contributed by atoms with Gasteiger partial charge in [0.2, 0.25) is 0 Å². The quantitative estimate of drug-likeness (QED) is 0.622. The van der Waals surface area contributed by atoms with Gasteiger partial charge in [-0.05, 0) is 11.8 Å². The van der Waals surface area contributed by atoms with Crippen LogP contribution in [0.4, 0.5) is 0 Å². The van der Waals surface area contributed by atoms with Gasteiger partial charge in [0.1, 0.15) is 5.78 Å². The lowest BCUT2D eigenvalue weighted by Crippen LogP contribution is -2.10. The summed E-state index contributed by atoms with van der Waals surface area (Å²) in [5.74, 6) is 1.74. The third-order valence-electron chi connectivity index (χ3n) is 3.13. The molecule has 0 spiro atoms. The molecule has 1 aliphatic carbocycles. The van der Waals surface area contributed by atoms with Crippen LogP contribution in [0.3, 0.4) is 0 Å². The molecule has 1 rings (SSSR count). The highest BCUT2D eigenvalue weighted by Gasteiger charge is 2.16. The van der Waals surface area contributed by atoms with Crippen LogP contribution in [0, 0.1) is 11.8 Å². The molecule has 0 atom stereocenters. The highest BCUT2D eigenvalue weighted by Crippen LogP contribution is 2.26. The summed E-state index contributed by atoms with van der Waals surface area (Å²) >= 11 is 0. The minimum absolute atomic E-state index is 0.492. The van der Waals surface area contributed by atoms with Crippen molar-refractivity contribution < 1.29 is 4.79 Å². The van der Waals surface area contributed by atoms with E-state index in [1.807, 2.05) is 0 Å². The molecule has 0 amide bonds. The first-order valence-corrected chi connectivity index (χ1v) is 6.20. The number of hydrogen-bond acceptors (Lipinski definition) is 1. The summed E-state index contributed by atoms with van der Waals surface area (Å²) in [4.78, 5) is 11.6. The predicted octanol–water partition coefficient (Wildman–Crippen LogP) is 3.96. The van der Waals surface area contributed by atoms with Gasteiger partial charge in [-0.25, -0.2) is 0 Å². The zero-order valence-electron chi connectivity index (χ0n) is 9.72. The van der Waals surface area contributed by atoms with Gasteiger partial charge < -0.3 is 0 Å². The second kappa shape index (κ2) is 6.21. The van der Waals surface area contributed by atoms with Crippen LogP contribution >= 0.6 is 0 Å². The Labute approximate surface area is 88.3 Å². The van der Waals surface area contributed by atoms with Crippen molar-refractivity contribution in [2.45, 2.75) is 65.2 Å². The smallest absolute Gasteiger partial charge is 0.133 e. The Kier molecular flexibility index (Phi) is 5.21. The lowest BCUT2D eigenvalue weighted by molar-refractivity contribution is -0.120. The monoisotopic (exact) mass is 196 g/mol. The molecule has 1 fully saturated rings. The first-order chi connectivity index (χ1) is 6.68. The zero-order chi connectivity index (χ0) is 10.4. The van der Waals surface area contributed by atoms with E-state index in [2.05, 4.69) is 13.8 Å². The lowest BCUT2D eigenvalue weighted by atomic mass is 9.92. The van der Waals surface area contributed by atoms with Crippen molar-refractivity contribution in [2.24, 2.45) is 11.8 Å². The van der Waals surface area contributed by atoms with Crippen molar-refractivity contribution in [3.63, 3.8) is 0 Å². The van der Waals surface area contributed by atoms with Gasteiger partial charge in [-0.1, -0.05) is 52.4 Å². The Morgan fingerprint density at radius 3 is 2.21 bits per heavy atom. The van der Waals surface area contributed by atoms with Crippen molar-refractivity contribution >= 4 is 5.78 Å². The molecule has 1 saturated carbocycles. The van der Waals surface area contributed by atoms with Crippen molar-refractivity contribution in [3.8, 4) is 0 Å². The molecular weight excluding hydrogens is 172 g/mol. The van der Waals surface area contributed by atoms with Crippen LogP contribution in [0.15, 0.2) is 0 Å². The fourth-order valence-electron chi connectivity index (χ4n) is 2.43. The second-order valence-electron chi connectivity index (χ2n) is 5.20. The molecule has 0 aliphatic heterocycles. The molecule has 0 N–H and O–H groups in total. The van der Waals surface area contributed by atoms with Gasteiger partial charge in [0, 0.05) is 12.8 Å². The molecule has 0 aromatic heterocycles. The topological polar surface area (TPSA) is 17.1 Å². The minimum atomic E-state index is 0.492. The molecular formula is C13H24O. The third kappa shape index (κ3) is 4.78. The van der Waals surface area contributed by atoms with Crippen LogP contribution in [-0.4, -0.2) is 5.78 Å². The second-order valence-corrected chi connectivity index (χ2v) is 5.20. The van der Waals surface area contributed by atoms with Crippen LogP contribution in [0.2, 0.25) is 0 Å². The summed E-state index contributed by atoms with van der Waals surface area (Å²) in [5, 5.41) is 0. The predicted molar refractivity (Wildman–Crippen MR) is 60.3 cm³/mol. The maximum Gasteiger partial charge on any atom is 0.133 e. The molecule has 1 nitrogen and oxygen atoms in total. The van der Waals surface area contributed by atoms with Gasteiger partial charge in [0.15, 0.2) is 0 Å². The van der Waals surface area contributed by atoms with Crippen molar-refractivity contribution in [1.29, 1.82) is 0 Å². The highest BCUT2D eigenvalue weighted by molar-refractivity contribution is 5.78. The summed E-state index contributed by atoms with van der Waals surface area (Å²) in [7, 11) is 0. The van der Waals surface area contributed by atoms with Crippen molar-refractivity contribution in [3.05, 3.63) is 0 Å². The fraction of sp³-hybridized carbons (Fsp3) is 0.923. The van der Waals surface area contributed by atoms with E-state index >= 15 is 0 Å². The molecule has 0 aromatic carbocycles. The molecule has 0 unspecified atom stereocenters. The van der Waals surface area contributed by atoms with Gasteiger partial charge in [0.05, 0.1) is 0 Å². The van der Waals surface area contributed by atoms with Gasteiger partial charge in [-0.2, -0.15) is 0 Å². The van der Waals surface area contributed by atoms with Gasteiger partial charge in [-0.15, -0.1) is 0 Å². The summed E-state index contributed by atoms with van der Waals surface area (Å²) in [6.45, 7) is 4.26. The molecule has 82 valence electrons. The number of carbonyl (C=O) groups is 1. The molecule has 0 aromatic rings. The summed E-state index contributed by atoms with van der Waals surface area (Å²) < 4.78 is 0. The molecule has 14 heavy (non-hydrogen) atoms. The molecule has 1 heteroatoms. The first-order valence-electron chi connectivity index (χ1n) is 6.20. The summed E-state index contributed by atoms with van der Waals surface area (Å²) in [6, 6.07) is 0. The van der Waals surface area contributed by atoms with Crippen LogP contribution in [-0.2, 0) is 4.79 Å². The van der Waals surface area contributed by atoms with Crippen molar-refractivity contribution in [1.82, 2.24) is 0 Å². The highest BCUT2D eigenvalue weighted by atomic mass is 16.1. The van der Waals surface area contributed by atoms with E-state index in [9.17, 15) is 4.79 Å². The average Bonchev–Trinajstić information content (AvgIpc) is 2.31. The Bertz CT molecular complexity index is 164. The Hall–Kier alpha value is -0.330. The normalized spacial score (nSPS) is 19.6. The van der Waals surface area contributed by atoms with Gasteiger partial charge in [-0.3, -0.25) is 4.79 Å². The molecule has 0 heterocycles. The molecule has 0 saturated heterocycles. The van der Waals surface area contributed by atoms with Gasteiger partial charge >= 0.3 is 0 Å². The molecule has 1 aliphatic rings. The van der Waals surface area contributed by atoms with Gasteiger partial charge in [0.25, 0.3) is 0 Å². The number of rotatable bonds is 4. The van der Waals surface area contributed by atoms with Crippen molar-refractivity contribution in [2.75, 3.05) is 0 Å². The Morgan fingerprint density at radius 1 is 1.14 bits per heavy atom.